The van der Waals surface area contributed by atoms with Gasteiger partial charge in [0.1, 0.15) is 4.33 Å². The van der Waals surface area contributed by atoms with Gasteiger partial charge in [-0.3, -0.25) is 9.59 Å². The van der Waals surface area contributed by atoms with Crippen molar-refractivity contribution in [3.8, 4) is 0 Å². The van der Waals surface area contributed by atoms with Crippen LogP contribution in [0.3, 0.4) is 0 Å². The molecule has 2 amide bonds. The van der Waals surface area contributed by atoms with Crippen LogP contribution in [0.2, 0.25) is 15.1 Å². The van der Waals surface area contributed by atoms with E-state index >= 15 is 0 Å². The first-order valence-corrected chi connectivity index (χ1v) is 11.8. The third-order valence-corrected chi connectivity index (χ3v) is 7.05. The molecule has 0 bridgehead atoms. The lowest BCUT2D eigenvalue weighted by Gasteiger charge is -2.11. The van der Waals surface area contributed by atoms with Gasteiger partial charge in [-0.25, -0.2) is 0 Å². The number of carbonyl (C=O) groups is 2. The van der Waals surface area contributed by atoms with E-state index in [1.165, 1.54) is 0 Å². The van der Waals surface area contributed by atoms with Crippen LogP contribution in [0.4, 0.5) is 11.4 Å². The Kier molecular flexibility index (Phi) is 6.86. The SMILES string of the molecule is Cc1cccc(C(=O)Nc2cc(NC(=O)C3C(c4cc(Cl)cc(Cl)c4)C3(Cl)Cl)ccc2Cl)c1. The molecule has 0 spiro atoms. The lowest BCUT2D eigenvalue weighted by atomic mass is 10.1. The number of benzene rings is 3. The van der Waals surface area contributed by atoms with E-state index in [2.05, 4.69) is 10.6 Å². The molecule has 3 aromatic carbocycles. The predicted molar refractivity (Wildman–Crippen MR) is 136 cm³/mol. The maximum atomic E-state index is 13.0. The number of alkyl halides is 2. The van der Waals surface area contributed by atoms with E-state index in [0.29, 0.717) is 37.6 Å². The van der Waals surface area contributed by atoms with Gasteiger partial charge in [-0.15, -0.1) is 23.2 Å². The highest BCUT2D eigenvalue weighted by atomic mass is 35.5. The van der Waals surface area contributed by atoms with Gasteiger partial charge in [0, 0.05) is 27.2 Å². The number of aryl methyl sites for hydroxylation is 1. The van der Waals surface area contributed by atoms with Gasteiger partial charge in [-0.05, 0) is 61.0 Å². The molecule has 0 aliphatic heterocycles. The van der Waals surface area contributed by atoms with Crippen LogP contribution in [0.1, 0.15) is 27.4 Å². The molecule has 0 aromatic heterocycles. The van der Waals surface area contributed by atoms with Crippen LogP contribution in [0.15, 0.2) is 60.7 Å². The van der Waals surface area contributed by atoms with E-state index in [0.717, 1.165) is 5.56 Å². The minimum Gasteiger partial charge on any atom is -0.326 e. The van der Waals surface area contributed by atoms with Gasteiger partial charge < -0.3 is 10.6 Å². The fraction of sp³-hybridized carbons (Fsp3) is 0.167. The molecular weight excluding hydrogens is 526 g/mol. The second kappa shape index (κ2) is 9.36. The molecule has 4 rings (SSSR count). The smallest absolute Gasteiger partial charge is 0.255 e. The maximum Gasteiger partial charge on any atom is 0.255 e. The molecule has 0 radical (unpaired) electrons. The monoisotopic (exact) mass is 540 g/mol. The Morgan fingerprint density at radius 2 is 1.58 bits per heavy atom. The van der Waals surface area contributed by atoms with Crippen molar-refractivity contribution in [2.24, 2.45) is 5.92 Å². The Morgan fingerprint density at radius 1 is 0.879 bits per heavy atom. The summed E-state index contributed by atoms with van der Waals surface area (Å²) < 4.78 is -1.30. The largest absolute Gasteiger partial charge is 0.326 e. The van der Waals surface area contributed by atoms with Gasteiger partial charge in [0.05, 0.1) is 16.6 Å². The summed E-state index contributed by atoms with van der Waals surface area (Å²) in [5, 5.41) is 6.76. The first kappa shape index (κ1) is 24.2. The molecule has 4 nitrogen and oxygen atoms in total. The molecule has 170 valence electrons. The van der Waals surface area contributed by atoms with Crippen LogP contribution < -0.4 is 10.6 Å². The average molecular weight is 543 g/mol. The molecule has 2 atom stereocenters. The first-order valence-electron chi connectivity index (χ1n) is 9.88. The van der Waals surface area contributed by atoms with E-state index < -0.39 is 16.2 Å². The number of rotatable bonds is 5. The van der Waals surface area contributed by atoms with E-state index in [1.807, 2.05) is 13.0 Å². The molecule has 0 saturated heterocycles. The third kappa shape index (κ3) is 5.26. The summed E-state index contributed by atoms with van der Waals surface area (Å²) >= 11 is 31.3. The van der Waals surface area contributed by atoms with Crippen LogP contribution in [-0.4, -0.2) is 16.1 Å². The maximum absolute atomic E-state index is 13.0. The van der Waals surface area contributed by atoms with E-state index in [1.54, 1.807) is 54.6 Å². The minimum absolute atomic E-state index is 0.315. The molecule has 3 aromatic rings. The third-order valence-electron chi connectivity index (χ3n) is 5.34. The zero-order valence-corrected chi connectivity index (χ0v) is 20.9. The Morgan fingerprint density at radius 3 is 2.24 bits per heavy atom. The fourth-order valence-electron chi connectivity index (χ4n) is 3.72. The Labute approximate surface area is 216 Å². The first-order chi connectivity index (χ1) is 15.6. The quantitative estimate of drug-likeness (QED) is 0.324. The summed E-state index contributed by atoms with van der Waals surface area (Å²) in [6, 6.07) is 16.9. The van der Waals surface area contributed by atoms with Crippen molar-refractivity contribution in [2.45, 2.75) is 17.2 Å². The van der Waals surface area contributed by atoms with Crippen molar-refractivity contribution in [1.82, 2.24) is 0 Å². The molecular formula is C24H17Cl5N2O2. The highest BCUT2D eigenvalue weighted by Crippen LogP contribution is 2.65. The highest BCUT2D eigenvalue weighted by molar-refractivity contribution is 6.53. The van der Waals surface area contributed by atoms with Gasteiger partial charge >= 0.3 is 0 Å². The van der Waals surface area contributed by atoms with Crippen molar-refractivity contribution >= 4 is 81.2 Å². The van der Waals surface area contributed by atoms with E-state index in [-0.39, 0.29) is 11.8 Å². The van der Waals surface area contributed by atoms with E-state index in [9.17, 15) is 9.59 Å². The van der Waals surface area contributed by atoms with Gasteiger partial charge in [0.2, 0.25) is 5.91 Å². The van der Waals surface area contributed by atoms with Gasteiger partial charge in [0.25, 0.3) is 5.91 Å². The molecule has 1 aliphatic carbocycles. The van der Waals surface area contributed by atoms with Crippen LogP contribution in [0, 0.1) is 12.8 Å². The minimum atomic E-state index is -1.30. The predicted octanol–water partition coefficient (Wildman–Crippen LogP) is 7.73. The van der Waals surface area contributed by atoms with Crippen molar-refractivity contribution in [2.75, 3.05) is 10.6 Å². The molecule has 33 heavy (non-hydrogen) atoms. The highest BCUT2D eigenvalue weighted by Gasteiger charge is 2.67. The standard InChI is InChI=1S/C24H17Cl5N2O2/c1-12-3-2-4-13(7-12)22(32)31-19-11-17(5-6-18(19)27)30-23(33)21-20(24(21,28)29)14-8-15(25)10-16(26)9-14/h2-11,20-21H,1H3,(H,30,33)(H,31,32). The van der Waals surface area contributed by atoms with Crippen LogP contribution >= 0.6 is 58.0 Å². The molecule has 1 aliphatic rings. The second-order valence-corrected chi connectivity index (χ2v) is 10.6. The fourth-order valence-corrected chi connectivity index (χ4v) is 5.26. The number of halogens is 5. The zero-order chi connectivity index (χ0) is 23.9. The molecule has 0 heterocycles. The normalized spacial score (nSPS) is 18.5. The lowest BCUT2D eigenvalue weighted by molar-refractivity contribution is -0.117. The van der Waals surface area contributed by atoms with Crippen molar-refractivity contribution in [3.63, 3.8) is 0 Å². The Hall–Kier alpha value is -1.95. The Bertz CT molecular complexity index is 1240. The van der Waals surface area contributed by atoms with Gasteiger partial charge in [-0.1, -0.05) is 52.5 Å². The van der Waals surface area contributed by atoms with Gasteiger partial charge in [0.15, 0.2) is 0 Å². The van der Waals surface area contributed by atoms with E-state index in [4.69, 9.17) is 58.0 Å². The summed E-state index contributed by atoms with van der Waals surface area (Å²) in [6.07, 6.45) is 0. The number of hydrogen-bond donors (Lipinski definition) is 2. The number of amides is 2. The number of carbonyl (C=O) groups excluding carboxylic acids is 2. The number of anilines is 2. The van der Waals surface area contributed by atoms with Crippen LogP contribution in [0.25, 0.3) is 0 Å². The summed E-state index contributed by atoms with van der Waals surface area (Å²) in [4.78, 5) is 25.6. The summed E-state index contributed by atoms with van der Waals surface area (Å²) in [5.74, 6) is -1.87. The summed E-state index contributed by atoms with van der Waals surface area (Å²) in [5.41, 5.74) is 2.93. The van der Waals surface area contributed by atoms with Crippen molar-refractivity contribution in [1.29, 1.82) is 0 Å². The second-order valence-electron chi connectivity index (χ2n) is 7.84. The molecule has 1 fully saturated rings. The number of nitrogens with one attached hydrogen (secondary N) is 2. The molecule has 2 N–H and O–H groups in total. The molecule has 1 saturated carbocycles. The number of hydrogen-bond acceptors (Lipinski definition) is 2. The van der Waals surface area contributed by atoms with Gasteiger partial charge in [-0.2, -0.15) is 0 Å². The molecule has 9 heteroatoms. The topological polar surface area (TPSA) is 58.2 Å². The molecule has 2 unspecified atom stereocenters. The van der Waals surface area contributed by atoms with Crippen LogP contribution in [-0.2, 0) is 4.79 Å². The Balaban J connectivity index is 1.50. The van der Waals surface area contributed by atoms with Crippen molar-refractivity contribution in [3.05, 3.63) is 92.4 Å². The summed E-state index contributed by atoms with van der Waals surface area (Å²) in [6.45, 7) is 1.90. The average Bonchev–Trinajstić information content (AvgIpc) is 3.32. The summed E-state index contributed by atoms with van der Waals surface area (Å²) in [7, 11) is 0. The lowest BCUT2D eigenvalue weighted by Crippen LogP contribution is -2.17. The zero-order valence-electron chi connectivity index (χ0n) is 17.1. The van der Waals surface area contributed by atoms with Crippen LogP contribution in [0.5, 0.6) is 0 Å². The van der Waals surface area contributed by atoms with Crippen molar-refractivity contribution < 1.29 is 9.59 Å².